The molecule has 0 aromatic heterocycles. The number of nitrogens with zero attached hydrogens (tertiary/aromatic N) is 1. The van der Waals surface area contributed by atoms with E-state index in [0.29, 0.717) is 0 Å². The van der Waals surface area contributed by atoms with E-state index in [0.717, 1.165) is 43.8 Å². The van der Waals surface area contributed by atoms with E-state index in [2.05, 4.69) is 17.0 Å². The summed E-state index contributed by atoms with van der Waals surface area (Å²) in [6, 6.07) is 7.89. The number of primary amides is 1. The molecule has 1 amide bonds. The van der Waals surface area contributed by atoms with Gasteiger partial charge in [0.2, 0.25) is 5.91 Å². The van der Waals surface area contributed by atoms with Crippen molar-refractivity contribution in [3.8, 4) is 0 Å². The molecule has 0 spiro atoms. The number of halogens is 1. The summed E-state index contributed by atoms with van der Waals surface area (Å²) in [4.78, 5) is 13.5. The van der Waals surface area contributed by atoms with Crippen LogP contribution in [-0.4, -0.2) is 29.9 Å². The molecule has 2 rings (SSSR count). The van der Waals surface area contributed by atoms with Gasteiger partial charge in [0.1, 0.15) is 0 Å². The van der Waals surface area contributed by atoms with Crippen molar-refractivity contribution in [2.45, 2.75) is 31.7 Å². The molecule has 0 bridgehead atoms. The van der Waals surface area contributed by atoms with Crippen LogP contribution in [0.15, 0.2) is 24.3 Å². The number of carbonyl (C=O) groups excluding carboxylic acids is 1. The molecule has 0 radical (unpaired) electrons. The van der Waals surface area contributed by atoms with E-state index >= 15 is 0 Å². The van der Waals surface area contributed by atoms with Crippen LogP contribution in [0.5, 0.6) is 0 Å². The maximum absolute atomic E-state index is 11.2. The van der Waals surface area contributed by atoms with Gasteiger partial charge < -0.3 is 5.73 Å². The number of hydrogen-bond donors (Lipinski definition) is 1. The van der Waals surface area contributed by atoms with Crippen molar-refractivity contribution in [1.82, 2.24) is 4.90 Å². The Kier molecular flexibility index (Phi) is 4.61. The first-order valence-electron chi connectivity index (χ1n) is 6.44. The minimum atomic E-state index is -0.181. The number of likely N-dealkylation sites (tertiary alicyclic amines) is 1. The van der Waals surface area contributed by atoms with Crippen molar-refractivity contribution >= 4 is 17.5 Å². The molecule has 1 atom stereocenters. The number of amides is 1. The summed E-state index contributed by atoms with van der Waals surface area (Å²) >= 11 is 5.84. The zero-order chi connectivity index (χ0) is 13.0. The van der Waals surface area contributed by atoms with Crippen molar-refractivity contribution < 1.29 is 4.79 Å². The highest BCUT2D eigenvalue weighted by atomic mass is 35.5. The van der Waals surface area contributed by atoms with E-state index in [1.54, 1.807) is 0 Å². The summed E-state index contributed by atoms with van der Waals surface area (Å²) in [5.74, 6) is -0.181. The largest absolute Gasteiger partial charge is 0.368 e. The van der Waals surface area contributed by atoms with E-state index in [1.165, 1.54) is 5.56 Å². The van der Waals surface area contributed by atoms with Crippen LogP contribution < -0.4 is 5.73 Å². The van der Waals surface area contributed by atoms with Gasteiger partial charge in [-0.15, -0.1) is 0 Å². The van der Waals surface area contributed by atoms with E-state index < -0.39 is 0 Å². The highest BCUT2D eigenvalue weighted by molar-refractivity contribution is 6.30. The Balaban J connectivity index is 1.78. The molecule has 1 aliphatic rings. The van der Waals surface area contributed by atoms with Crippen LogP contribution in [0, 0.1) is 0 Å². The Hall–Kier alpha value is -1.06. The standard InChI is InChI=1S/C14H19ClN2O/c15-12-7-5-11(6-8-12)3-1-9-17-10-2-4-13(17)14(16)18/h5-8,13H,1-4,9-10H2,(H2,16,18). The molecule has 1 aromatic rings. The lowest BCUT2D eigenvalue weighted by Crippen LogP contribution is -2.40. The number of benzene rings is 1. The molecule has 1 fully saturated rings. The van der Waals surface area contributed by atoms with Gasteiger partial charge in [-0.05, 0) is 56.5 Å². The summed E-state index contributed by atoms with van der Waals surface area (Å²) in [6.07, 6.45) is 4.05. The average molecular weight is 267 g/mol. The Bertz CT molecular complexity index is 405. The van der Waals surface area contributed by atoms with Crippen LogP contribution in [0.25, 0.3) is 0 Å². The maximum Gasteiger partial charge on any atom is 0.234 e. The van der Waals surface area contributed by atoms with Crippen LogP contribution in [-0.2, 0) is 11.2 Å². The van der Waals surface area contributed by atoms with Gasteiger partial charge in [0.25, 0.3) is 0 Å². The molecule has 1 saturated heterocycles. The first-order chi connectivity index (χ1) is 8.66. The Morgan fingerprint density at radius 1 is 1.39 bits per heavy atom. The van der Waals surface area contributed by atoms with Gasteiger partial charge in [0.15, 0.2) is 0 Å². The fraction of sp³-hybridized carbons (Fsp3) is 0.500. The third kappa shape index (κ3) is 3.47. The number of hydrogen-bond acceptors (Lipinski definition) is 2. The summed E-state index contributed by atoms with van der Waals surface area (Å²) < 4.78 is 0. The van der Waals surface area contributed by atoms with Crippen molar-refractivity contribution in [1.29, 1.82) is 0 Å². The fourth-order valence-electron chi connectivity index (χ4n) is 2.55. The minimum absolute atomic E-state index is 0.0461. The third-order valence-electron chi connectivity index (χ3n) is 3.52. The van der Waals surface area contributed by atoms with E-state index in [1.807, 2.05) is 12.1 Å². The van der Waals surface area contributed by atoms with Crippen molar-refractivity contribution in [2.24, 2.45) is 5.73 Å². The molecule has 1 aliphatic heterocycles. The second-order valence-electron chi connectivity index (χ2n) is 4.83. The second-order valence-corrected chi connectivity index (χ2v) is 5.26. The first-order valence-corrected chi connectivity index (χ1v) is 6.82. The molecule has 1 unspecified atom stereocenters. The summed E-state index contributed by atoms with van der Waals surface area (Å²) in [5, 5.41) is 0.770. The summed E-state index contributed by atoms with van der Waals surface area (Å²) in [6.45, 7) is 1.93. The first kappa shape index (κ1) is 13.4. The summed E-state index contributed by atoms with van der Waals surface area (Å²) in [7, 11) is 0. The van der Waals surface area contributed by atoms with Crippen LogP contribution >= 0.6 is 11.6 Å². The molecule has 1 heterocycles. The Morgan fingerprint density at radius 2 is 2.11 bits per heavy atom. The second kappa shape index (κ2) is 6.21. The lowest BCUT2D eigenvalue weighted by Gasteiger charge is -2.21. The van der Waals surface area contributed by atoms with E-state index in [-0.39, 0.29) is 11.9 Å². The normalized spacial score (nSPS) is 20.2. The quantitative estimate of drug-likeness (QED) is 0.888. The molecular weight excluding hydrogens is 248 g/mol. The fourth-order valence-corrected chi connectivity index (χ4v) is 2.68. The van der Waals surface area contributed by atoms with Crippen molar-refractivity contribution in [3.05, 3.63) is 34.9 Å². The highest BCUT2D eigenvalue weighted by Gasteiger charge is 2.27. The Labute approximate surface area is 113 Å². The van der Waals surface area contributed by atoms with Gasteiger partial charge in [-0.2, -0.15) is 0 Å². The van der Waals surface area contributed by atoms with Gasteiger partial charge in [-0.3, -0.25) is 9.69 Å². The van der Waals surface area contributed by atoms with Crippen LogP contribution in [0.4, 0.5) is 0 Å². The Morgan fingerprint density at radius 3 is 2.78 bits per heavy atom. The van der Waals surface area contributed by atoms with Gasteiger partial charge in [-0.25, -0.2) is 0 Å². The third-order valence-corrected chi connectivity index (χ3v) is 3.77. The molecule has 98 valence electrons. The van der Waals surface area contributed by atoms with E-state index in [9.17, 15) is 4.79 Å². The zero-order valence-corrected chi connectivity index (χ0v) is 11.2. The molecule has 3 nitrogen and oxygen atoms in total. The number of rotatable bonds is 5. The average Bonchev–Trinajstić information content (AvgIpc) is 2.80. The molecule has 1 aromatic carbocycles. The molecule has 2 N–H and O–H groups in total. The maximum atomic E-state index is 11.2. The van der Waals surface area contributed by atoms with Crippen LogP contribution in [0.2, 0.25) is 5.02 Å². The van der Waals surface area contributed by atoms with Gasteiger partial charge in [-0.1, -0.05) is 23.7 Å². The summed E-state index contributed by atoms with van der Waals surface area (Å²) in [5.41, 5.74) is 6.68. The lowest BCUT2D eigenvalue weighted by molar-refractivity contribution is -0.122. The smallest absolute Gasteiger partial charge is 0.234 e. The molecule has 0 aliphatic carbocycles. The highest BCUT2D eigenvalue weighted by Crippen LogP contribution is 2.18. The van der Waals surface area contributed by atoms with Crippen LogP contribution in [0.3, 0.4) is 0 Å². The van der Waals surface area contributed by atoms with Gasteiger partial charge in [0, 0.05) is 5.02 Å². The minimum Gasteiger partial charge on any atom is -0.368 e. The molecule has 18 heavy (non-hydrogen) atoms. The van der Waals surface area contributed by atoms with Crippen molar-refractivity contribution in [3.63, 3.8) is 0 Å². The predicted octanol–water partition coefficient (Wildman–Crippen LogP) is 2.22. The monoisotopic (exact) mass is 266 g/mol. The molecule has 4 heteroatoms. The topological polar surface area (TPSA) is 46.3 Å². The molecule has 0 saturated carbocycles. The van der Waals surface area contributed by atoms with Crippen molar-refractivity contribution in [2.75, 3.05) is 13.1 Å². The SMILES string of the molecule is NC(=O)C1CCCN1CCCc1ccc(Cl)cc1. The molecular formula is C14H19ClN2O. The predicted molar refractivity (Wildman–Crippen MR) is 73.6 cm³/mol. The lowest BCUT2D eigenvalue weighted by atomic mass is 10.1. The van der Waals surface area contributed by atoms with E-state index in [4.69, 9.17) is 17.3 Å². The zero-order valence-electron chi connectivity index (χ0n) is 10.4. The van der Waals surface area contributed by atoms with Crippen LogP contribution in [0.1, 0.15) is 24.8 Å². The number of carbonyl (C=O) groups is 1. The number of aryl methyl sites for hydroxylation is 1. The van der Waals surface area contributed by atoms with Gasteiger partial charge in [0.05, 0.1) is 6.04 Å². The number of nitrogens with two attached hydrogens (primary N) is 1. The van der Waals surface area contributed by atoms with Gasteiger partial charge >= 0.3 is 0 Å².